The lowest BCUT2D eigenvalue weighted by Crippen LogP contribution is -2.35. The number of hydrogen-bond donors (Lipinski definition) is 2. The van der Waals surface area contributed by atoms with E-state index in [4.69, 9.17) is 28.4 Å². The van der Waals surface area contributed by atoms with E-state index in [1.165, 1.54) is 0 Å². The Hall–Kier alpha value is -3.50. The van der Waals surface area contributed by atoms with Crippen LogP contribution in [-0.2, 0) is 30.1 Å². The third-order valence-corrected chi connectivity index (χ3v) is 9.49. The second-order valence-corrected chi connectivity index (χ2v) is 13.1. The molecule has 2 aromatic carbocycles. The van der Waals surface area contributed by atoms with E-state index in [-0.39, 0.29) is 12.2 Å². The number of carbonyl (C=O) groups excluding carboxylic acids is 2. The smallest absolute Gasteiger partial charge is 0.497 e. The molecule has 2 aliphatic carbocycles. The minimum atomic E-state index is -0.865. The van der Waals surface area contributed by atoms with Crippen molar-refractivity contribution in [3.05, 3.63) is 59.7 Å². The average molecular weight is 687 g/mol. The van der Waals surface area contributed by atoms with Crippen molar-refractivity contribution >= 4 is 12.3 Å². The Morgan fingerprint density at radius 2 is 0.939 bits per heavy atom. The highest BCUT2D eigenvalue weighted by atomic mass is 16.7. The van der Waals surface area contributed by atoms with E-state index in [0.29, 0.717) is 64.6 Å². The Bertz CT molecular complexity index is 1210. The number of hydrogen-bond acceptors (Lipinski definition) is 10. The normalized spacial score (nSPS) is 23.3. The van der Waals surface area contributed by atoms with Gasteiger partial charge in [0.2, 0.25) is 0 Å². The van der Waals surface area contributed by atoms with E-state index in [9.17, 15) is 19.8 Å². The molecule has 274 valence electrons. The summed E-state index contributed by atoms with van der Waals surface area (Å²) in [4.78, 5) is 23.4. The molecule has 2 aliphatic rings. The number of aliphatic hydroxyl groups is 2. The molecular formula is C39H58O10. The molecule has 2 saturated carbocycles. The molecule has 4 rings (SSSR count). The lowest BCUT2D eigenvalue weighted by molar-refractivity contribution is -0.0538. The van der Waals surface area contributed by atoms with Gasteiger partial charge in [0.1, 0.15) is 23.7 Å². The molecule has 0 saturated heterocycles. The number of carbonyl (C=O) groups is 2. The predicted molar refractivity (Wildman–Crippen MR) is 187 cm³/mol. The molecule has 2 fully saturated rings. The first kappa shape index (κ1) is 39.9. The molecular weight excluding hydrogens is 628 g/mol. The van der Waals surface area contributed by atoms with Gasteiger partial charge in [0.15, 0.2) is 0 Å². The fourth-order valence-corrected chi connectivity index (χ4v) is 6.29. The SMILES string of the molecule is CCCCCCOC(=O)OC1CCC(O)(c2ccc(OC)cc2)CC1.CCCCCOC(=O)OC1CCC(O)(c2ccc(OC)cc2)CC1. The summed E-state index contributed by atoms with van der Waals surface area (Å²) < 4.78 is 31.2. The summed E-state index contributed by atoms with van der Waals surface area (Å²) >= 11 is 0. The summed E-state index contributed by atoms with van der Waals surface area (Å²) in [5.74, 6) is 1.54. The third kappa shape index (κ3) is 13.4. The first-order chi connectivity index (χ1) is 23.6. The number of ether oxygens (including phenoxy) is 6. The third-order valence-electron chi connectivity index (χ3n) is 9.49. The van der Waals surface area contributed by atoms with E-state index in [2.05, 4.69) is 13.8 Å². The summed E-state index contributed by atoms with van der Waals surface area (Å²) in [5.41, 5.74) is 0.0296. The molecule has 10 heteroatoms. The van der Waals surface area contributed by atoms with E-state index >= 15 is 0 Å². The van der Waals surface area contributed by atoms with Crippen LogP contribution >= 0.6 is 0 Å². The van der Waals surface area contributed by atoms with Gasteiger partial charge in [0, 0.05) is 0 Å². The quantitative estimate of drug-likeness (QED) is 0.139. The van der Waals surface area contributed by atoms with Crippen LogP contribution in [0.5, 0.6) is 11.5 Å². The highest BCUT2D eigenvalue weighted by Crippen LogP contribution is 2.40. The number of unbranched alkanes of at least 4 members (excludes halogenated alkanes) is 5. The maximum absolute atomic E-state index is 11.7. The predicted octanol–water partition coefficient (Wildman–Crippen LogP) is 8.73. The van der Waals surface area contributed by atoms with E-state index in [0.717, 1.165) is 67.6 Å². The number of methoxy groups -OCH3 is 2. The van der Waals surface area contributed by atoms with Crippen molar-refractivity contribution in [3.63, 3.8) is 0 Å². The highest BCUT2D eigenvalue weighted by molar-refractivity contribution is 5.60. The zero-order valence-corrected chi connectivity index (χ0v) is 30.0. The molecule has 0 amide bonds. The molecule has 2 N–H and O–H groups in total. The van der Waals surface area contributed by atoms with E-state index in [1.807, 2.05) is 48.5 Å². The molecule has 0 aliphatic heterocycles. The molecule has 2 aromatic rings. The monoisotopic (exact) mass is 686 g/mol. The molecule has 0 radical (unpaired) electrons. The van der Waals surface area contributed by atoms with Gasteiger partial charge >= 0.3 is 12.3 Å². The summed E-state index contributed by atoms with van der Waals surface area (Å²) in [6, 6.07) is 15.0. The van der Waals surface area contributed by atoms with Crippen molar-refractivity contribution in [1.29, 1.82) is 0 Å². The van der Waals surface area contributed by atoms with Crippen molar-refractivity contribution in [3.8, 4) is 11.5 Å². The van der Waals surface area contributed by atoms with Crippen LogP contribution in [0.4, 0.5) is 9.59 Å². The standard InChI is InChI=1S/C20H30O5.C19H28O5/c1-3-4-5-6-15-24-19(21)25-18-11-13-20(22,14-12-18)16-7-9-17(23-2)10-8-16;1-3-4-5-14-23-18(20)24-17-10-12-19(21,13-11-17)15-6-8-16(22-2)9-7-15/h7-10,18,22H,3-6,11-15H2,1-2H3;6-9,17,21H,3-5,10-14H2,1-2H3. The highest BCUT2D eigenvalue weighted by Gasteiger charge is 2.37. The van der Waals surface area contributed by atoms with Crippen LogP contribution in [0.1, 0.15) is 121 Å². The van der Waals surface area contributed by atoms with Crippen molar-refractivity contribution < 1.29 is 48.2 Å². The van der Waals surface area contributed by atoms with Crippen molar-refractivity contribution in [2.24, 2.45) is 0 Å². The van der Waals surface area contributed by atoms with Gasteiger partial charge in [0.05, 0.1) is 38.6 Å². The summed E-state index contributed by atoms with van der Waals surface area (Å²) in [6.07, 6.45) is 10.5. The lowest BCUT2D eigenvalue weighted by Gasteiger charge is -2.36. The van der Waals surface area contributed by atoms with Crippen LogP contribution in [0.3, 0.4) is 0 Å². The Balaban J connectivity index is 0.000000266. The first-order valence-corrected chi connectivity index (χ1v) is 18.0. The Morgan fingerprint density at radius 1 is 0.592 bits per heavy atom. The minimum Gasteiger partial charge on any atom is -0.497 e. The topological polar surface area (TPSA) is 130 Å². The largest absolute Gasteiger partial charge is 0.508 e. The van der Waals surface area contributed by atoms with Crippen LogP contribution in [0.25, 0.3) is 0 Å². The molecule has 49 heavy (non-hydrogen) atoms. The van der Waals surface area contributed by atoms with Crippen molar-refractivity contribution in [2.45, 2.75) is 134 Å². The van der Waals surface area contributed by atoms with Gasteiger partial charge in [-0.3, -0.25) is 0 Å². The van der Waals surface area contributed by atoms with Crippen LogP contribution in [-0.4, -0.2) is 62.2 Å². The molecule has 0 unspecified atom stereocenters. The van der Waals surface area contributed by atoms with Crippen LogP contribution in [0.15, 0.2) is 48.5 Å². The van der Waals surface area contributed by atoms with Gasteiger partial charge in [-0.15, -0.1) is 0 Å². The van der Waals surface area contributed by atoms with Crippen molar-refractivity contribution in [1.82, 2.24) is 0 Å². The summed E-state index contributed by atoms with van der Waals surface area (Å²) in [6.45, 7) is 5.08. The fraction of sp³-hybridized carbons (Fsp3) is 0.641. The second-order valence-electron chi connectivity index (χ2n) is 13.1. The Labute approximate surface area is 292 Å². The Morgan fingerprint density at radius 3 is 1.29 bits per heavy atom. The first-order valence-electron chi connectivity index (χ1n) is 18.0. The van der Waals surface area contributed by atoms with Crippen LogP contribution in [0.2, 0.25) is 0 Å². The maximum atomic E-state index is 11.7. The van der Waals surface area contributed by atoms with Crippen LogP contribution in [0, 0.1) is 0 Å². The number of benzene rings is 2. The van der Waals surface area contributed by atoms with Gasteiger partial charge in [-0.1, -0.05) is 70.2 Å². The van der Waals surface area contributed by atoms with Gasteiger partial charge in [-0.05, 0) is 99.6 Å². The average Bonchev–Trinajstić information content (AvgIpc) is 3.12. The van der Waals surface area contributed by atoms with Crippen molar-refractivity contribution in [2.75, 3.05) is 27.4 Å². The second kappa shape index (κ2) is 20.9. The minimum absolute atomic E-state index is 0.179. The molecule has 10 nitrogen and oxygen atoms in total. The molecule has 0 atom stereocenters. The Kier molecular flexibility index (Phi) is 17.0. The molecule has 0 spiro atoms. The van der Waals surface area contributed by atoms with Gasteiger partial charge < -0.3 is 38.6 Å². The lowest BCUT2D eigenvalue weighted by atomic mass is 9.78. The van der Waals surface area contributed by atoms with Crippen LogP contribution < -0.4 is 9.47 Å². The zero-order valence-electron chi connectivity index (χ0n) is 30.0. The molecule has 0 aromatic heterocycles. The molecule has 0 heterocycles. The summed E-state index contributed by atoms with van der Waals surface area (Å²) in [5, 5.41) is 21.7. The number of rotatable bonds is 15. The maximum Gasteiger partial charge on any atom is 0.508 e. The van der Waals surface area contributed by atoms with Gasteiger partial charge in [0.25, 0.3) is 0 Å². The zero-order chi connectivity index (χ0) is 35.5. The molecule has 0 bridgehead atoms. The van der Waals surface area contributed by atoms with Gasteiger partial charge in [-0.2, -0.15) is 0 Å². The van der Waals surface area contributed by atoms with Gasteiger partial charge in [-0.25, -0.2) is 9.59 Å². The fourth-order valence-electron chi connectivity index (χ4n) is 6.29. The van der Waals surface area contributed by atoms with E-state index in [1.54, 1.807) is 14.2 Å². The summed E-state index contributed by atoms with van der Waals surface area (Å²) in [7, 11) is 3.24. The van der Waals surface area contributed by atoms with E-state index < -0.39 is 23.5 Å².